The standard InChI is InChI=1S/C17H15ClN2O3/c1-19(2)14-6-3-12(4-7-14)17(21)10-5-13-11-15(20(22)23)8-9-16(13)18/h3-11H,1-2H3/b10-5+. The van der Waals surface area contributed by atoms with E-state index in [9.17, 15) is 14.9 Å². The molecular formula is C17H15ClN2O3. The number of nitro benzene ring substituents is 1. The van der Waals surface area contributed by atoms with Gasteiger partial charge in [0.1, 0.15) is 0 Å². The predicted molar refractivity (Wildman–Crippen MR) is 92.2 cm³/mol. The molecule has 0 aliphatic heterocycles. The van der Waals surface area contributed by atoms with E-state index in [2.05, 4.69) is 0 Å². The molecule has 0 N–H and O–H groups in total. The molecule has 0 aliphatic carbocycles. The van der Waals surface area contributed by atoms with Gasteiger partial charge in [0.25, 0.3) is 5.69 Å². The minimum absolute atomic E-state index is 0.0724. The molecule has 0 bridgehead atoms. The van der Waals surface area contributed by atoms with Crippen molar-refractivity contribution in [3.63, 3.8) is 0 Å². The van der Waals surface area contributed by atoms with Crippen LogP contribution in [-0.2, 0) is 0 Å². The molecule has 118 valence electrons. The lowest BCUT2D eigenvalue weighted by molar-refractivity contribution is -0.384. The Morgan fingerprint density at radius 3 is 2.39 bits per heavy atom. The topological polar surface area (TPSA) is 63.5 Å². The van der Waals surface area contributed by atoms with Gasteiger partial charge in [-0.05, 0) is 48.0 Å². The quantitative estimate of drug-likeness (QED) is 0.356. The fourth-order valence-electron chi connectivity index (χ4n) is 1.96. The number of carbonyl (C=O) groups is 1. The van der Waals surface area contributed by atoms with Crippen LogP contribution >= 0.6 is 11.6 Å². The van der Waals surface area contributed by atoms with Gasteiger partial charge in [-0.3, -0.25) is 14.9 Å². The third-order valence-electron chi connectivity index (χ3n) is 3.27. The maximum Gasteiger partial charge on any atom is 0.270 e. The van der Waals surface area contributed by atoms with Gasteiger partial charge in [0.15, 0.2) is 5.78 Å². The molecule has 0 radical (unpaired) electrons. The molecule has 2 aromatic carbocycles. The van der Waals surface area contributed by atoms with Crippen LogP contribution in [0.3, 0.4) is 0 Å². The summed E-state index contributed by atoms with van der Waals surface area (Å²) in [5.41, 5.74) is 1.89. The third-order valence-corrected chi connectivity index (χ3v) is 3.62. The molecule has 0 atom stereocenters. The minimum atomic E-state index is -0.505. The van der Waals surface area contributed by atoms with Crippen LogP contribution in [0.25, 0.3) is 6.08 Å². The molecule has 6 heteroatoms. The van der Waals surface area contributed by atoms with Gasteiger partial charge in [-0.25, -0.2) is 0 Å². The summed E-state index contributed by atoms with van der Waals surface area (Å²) in [5, 5.41) is 11.1. The molecule has 0 amide bonds. The molecule has 0 saturated carbocycles. The van der Waals surface area contributed by atoms with Crippen LogP contribution in [-0.4, -0.2) is 24.8 Å². The van der Waals surface area contributed by atoms with Crippen molar-refractivity contribution in [3.8, 4) is 0 Å². The SMILES string of the molecule is CN(C)c1ccc(C(=O)/C=C/c2cc([N+](=O)[O-])ccc2Cl)cc1. The summed E-state index contributed by atoms with van der Waals surface area (Å²) in [4.78, 5) is 24.4. The molecule has 0 aliphatic rings. The molecule has 2 aromatic rings. The number of nitrogens with zero attached hydrogens (tertiary/aromatic N) is 2. The Kier molecular flexibility index (Phi) is 5.13. The van der Waals surface area contributed by atoms with Gasteiger partial charge in [0.2, 0.25) is 0 Å². The van der Waals surface area contributed by atoms with Crippen LogP contribution in [0.5, 0.6) is 0 Å². The van der Waals surface area contributed by atoms with Crippen LogP contribution in [0.1, 0.15) is 15.9 Å². The van der Waals surface area contributed by atoms with E-state index >= 15 is 0 Å². The fraction of sp³-hybridized carbons (Fsp3) is 0.118. The summed E-state index contributed by atoms with van der Waals surface area (Å²) >= 11 is 6.00. The smallest absolute Gasteiger partial charge is 0.270 e. The molecule has 0 spiro atoms. The van der Waals surface area contributed by atoms with E-state index in [1.165, 1.54) is 30.4 Å². The molecular weight excluding hydrogens is 316 g/mol. The van der Waals surface area contributed by atoms with E-state index < -0.39 is 4.92 Å². The highest BCUT2D eigenvalue weighted by Crippen LogP contribution is 2.23. The Morgan fingerprint density at radius 2 is 1.83 bits per heavy atom. The number of allylic oxidation sites excluding steroid dienone is 1. The van der Waals surface area contributed by atoms with Crippen molar-refractivity contribution < 1.29 is 9.72 Å². The molecule has 23 heavy (non-hydrogen) atoms. The van der Waals surface area contributed by atoms with Crippen molar-refractivity contribution in [3.05, 3.63) is 74.8 Å². The second-order valence-electron chi connectivity index (χ2n) is 5.10. The Morgan fingerprint density at radius 1 is 1.17 bits per heavy atom. The van der Waals surface area contributed by atoms with E-state index in [4.69, 9.17) is 11.6 Å². The fourth-order valence-corrected chi connectivity index (χ4v) is 2.14. The van der Waals surface area contributed by atoms with Crippen LogP contribution in [0.2, 0.25) is 5.02 Å². The number of ketones is 1. The lowest BCUT2D eigenvalue weighted by atomic mass is 10.1. The highest BCUT2D eigenvalue weighted by Gasteiger charge is 2.08. The molecule has 0 aromatic heterocycles. The number of benzene rings is 2. The highest BCUT2D eigenvalue weighted by atomic mass is 35.5. The zero-order chi connectivity index (χ0) is 17.0. The van der Waals surface area contributed by atoms with Crippen LogP contribution < -0.4 is 4.90 Å². The zero-order valence-corrected chi connectivity index (χ0v) is 13.4. The maximum atomic E-state index is 12.2. The maximum absolute atomic E-state index is 12.2. The number of halogens is 1. The molecule has 0 fully saturated rings. The Hall–Kier alpha value is -2.66. The third kappa shape index (κ3) is 4.17. The average molecular weight is 331 g/mol. The van der Waals surface area contributed by atoms with Crippen molar-refractivity contribution in [2.24, 2.45) is 0 Å². The van der Waals surface area contributed by atoms with Crippen molar-refractivity contribution in [1.29, 1.82) is 0 Å². The summed E-state index contributed by atoms with van der Waals surface area (Å²) in [6.07, 6.45) is 2.84. The van der Waals surface area contributed by atoms with Gasteiger partial charge in [0.05, 0.1) is 4.92 Å². The monoisotopic (exact) mass is 330 g/mol. The van der Waals surface area contributed by atoms with Gasteiger partial charge >= 0.3 is 0 Å². The summed E-state index contributed by atoms with van der Waals surface area (Å²) < 4.78 is 0. The lowest BCUT2D eigenvalue weighted by Crippen LogP contribution is -2.08. The lowest BCUT2D eigenvalue weighted by Gasteiger charge is -2.11. The first-order valence-electron chi connectivity index (χ1n) is 6.82. The first-order chi connectivity index (χ1) is 10.9. The predicted octanol–water partition coefficient (Wildman–Crippen LogP) is 4.21. The number of hydrogen-bond acceptors (Lipinski definition) is 4. The molecule has 0 unspecified atom stereocenters. The zero-order valence-electron chi connectivity index (χ0n) is 12.7. The second kappa shape index (κ2) is 7.07. The van der Waals surface area contributed by atoms with E-state index in [1.54, 1.807) is 12.1 Å². The normalized spacial score (nSPS) is 10.7. The second-order valence-corrected chi connectivity index (χ2v) is 5.51. The number of carbonyl (C=O) groups excluding carboxylic acids is 1. The highest BCUT2D eigenvalue weighted by molar-refractivity contribution is 6.32. The Bertz CT molecular complexity index is 768. The van der Waals surface area contributed by atoms with Gasteiger partial charge in [0, 0.05) is 42.5 Å². The molecule has 0 saturated heterocycles. The minimum Gasteiger partial charge on any atom is -0.378 e. The number of hydrogen-bond donors (Lipinski definition) is 0. The molecule has 5 nitrogen and oxygen atoms in total. The number of non-ortho nitro benzene ring substituents is 1. The van der Waals surface area contributed by atoms with E-state index in [0.29, 0.717) is 16.1 Å². The van der Waals surface area contributed by atoms with E-state index in [1.807, 2.05) is 31.1 Å². The number of rotatable bonds is 5. The summed E-state index contributed by atoms with van der Waals surface area (Å²) in [6.45, 7) is 0. The Balaban J connectivity index is 2.21. The van der Waals surface area contributed by atoms with E-state index in [-0.39, 0.29) is 11.5 Å². The van der Waals surface area contributed by atoms with Crippen LogP contribution in [0.15, 0.2) is 48.5 Å². The largest absolute Gasteiger partial charge is 0.378 e. The first kappa shape index (κ1) is 16.7. The van der Waals surface area contributed by atoms with Gasteiger partial charge in [-0.15, -0.1) is 0 Å². The van der Waals surface area contributed by atoms with Crippen LogP contribution in [0, 0.1) is 10.1 Å². The van der Waals surface area contributed by atoms with Crippen molar-refractivity contribution in [1.82, 2.24) is 0 Å². The van der Waals surface area contributed by atoms with Crippen LogP contribution in [0.4, 0.5) is 11.4 Å². The van der Waals surface area contributed by atoms with Gasteiger partial charge < -0.3 is 4.90 Å². The van der Waals surface area contributed by atoms with Gasteiger partial charge in [-0.1, -0.05) is 11.6 Å². The molecule has 2 rings (SSSR count). The summed E-state index contributed by atoms with van der Waals surface area (Å²) in [6, 6.07) is 11.3. The first-order valence-corrected chi connectivity index (χ1v) is 7.20. The molecule has 0 heterocycles. The number of anilines is 1. The number of nitro groups is 1. The van der Waals surface area contributed by atoms with Gasteiger partial charge in [-0.2, -0.15) is 0 Å². The average Bonchev–Trinajstić information content (AvgIpc) is 2.53. The summed E-state index contributed by atoms with van der Waals surface area (Å²) in [7, 11) is 3.84. The Labute approximate surface area is 139 Å². The van der Waals surface area contributed by atoms with Crippen molar-refractivity contribution in [2.45, 2.75) is 0 Å². The van der Waals surface area contributed by atoms with Crippen molar-refractivity contribution >= 4 is 34.8 Å². The van der Waals surface area contributed by atoms with E-state index in [0.717, 1.165) is 5.69 Å². The van der Waals surface area contributed by atoms with Crippen molar-refractivity contribution in [2.75, 3.05) is 19.0 Å². The summed E-state index contributed by atoms with van der Waals surface area (Å²) in [5.74, 6) is -0.196.